The molecule has 1 rings (SSSR count). The maximum atomic E-state index is 11.7. The lowest BCUT2D eigenvalue weighted by Gasteiger charge is -2.15. The molecule has 0 N–H and O–H groups in total. The molecule has 0 atom stereocenters. The first-order valence-corrected chi connectivity index (χ1v) is 6.23. The van der Waals surface area contributed by atoms with Crippen LogP contribution in [0.15, 0.2) is 12.1 Å². The van der Waals surface area contributed by atoms with Crippen molar-refractivity contribution in [3.63, 3.8) is 0 Å². The monoisotopic (exact) mass is 234 g/mol. The SMILES string of the molecule is CCC(=O)c1cc(C)c(OCC(C)C)c(C)c1. The van der Waals surface area contributed by atoms with Crippen molar-refractivity contribution in [3.8, 4) is 5.75 Å². The lowest BCUT2D eigenvalue weighted by Crippen LogP contribution is -2.08. The molecule has 2 nitrogen and oxygen atoms in total. The third kappa shape index (κ3) is 3.58. The Morgan fingerprint density at radius 3 is 2.18 bits per heavy atom. The molecule has 0 aliphatic heterocycles. The topological polar surface area (TPSA) is 26.3 Å². The van der Waals surface area contributed by atoms with Crippen LogP contribution in [0, 0.1) is 19.8 Å². The first-order valence-electron chi connectivity index (χ1n) is 6.23. The largest absolute Gasteiger partial charge is 0.493 e. The van der Waals surface area contributed by atoms with Crippen LogP contribution in [-0.2, 0) is 0 Å². The van der Waals surface area contributed by atoms with Crippen molar-refractivity contribution in [2.75, 3.05) is 6.61 Å². The lowest BCUT2D eigenvalue weighted by atomic mass is 10.0. The van der Waals surface area contributed by atoms with Gasteiger partial charge in [-0.15, -0.1) is 0 Å². The van der Waals surface area contributed by atoms with E-state index in [9.17, 15) is 4.79 Å². The fraction of sp³-hybridized carbons (Fsp3) is 0.533. The van der Waals surface area contributed by atoms with Crippen LogP contribution in [0.5, 0.6) is 5.75 Å². The predicted molar refractivity (Wildman–Crippen MR) is 70.9 cm³/mol. The van der Waals surface area contributed by atoms with Gasteiger partial charge in [0.1, 0.15) is 5.75 Å². The van der Waals surface area contributed by atoms with Crippen molar-refractivity contribution in [3.05, 3.63) is 28.8 Å². The normalized spacial score (nSPS) is 10.7. The smallest absolute Gasteiger partial charge is 0.162 e. The summed E-state index contributed by atoms with van der Waals surface area (Å²) in [6.45, 7) is 10.8. The summed E-state index contributed by atoms with van der Waals surface area (Å²) in [7, 11) is 0. The van der Waals surface area contributed by atoms with Gasteiger partial charge in [0, 0.05) is 12.0 Å². The van der Waals surface area contributed by atoms with Gasteiger partial charge in [0.05, 0.1) is 6.61 Å². The number of ether oxygens (including phenoxy) is 1. The highest BCUT2D eigenvalue weighted by Crippen LogP contribution is 2.25. The predicted octanol–water partition coefficient (Wildman–Crippen LogP) is 3.93. The summed E-state index contributed by atoms with van der Waals surface area (Å²) in [5.74, 6) is 1.61. The fourth-order valence-corrected chi connectivity index (χ4v) is 1.79. The van der Waals surface area contributed by atoms with E-state index in [1.807, 2.05) is 32.9 Å². The van der Waals surface area contributed by atoms with E-state index in [-0.39, 0.29) is 5.78 Å². The highest BCUT2D eigenvalue weighted by Gasteiger charge is 2.10. The number of hydrogen-bond donors (Lipinski definition) is 0. The third-order valence-electron chi connectivity index (χ3n) is 2.66. The van der Waals surface area contributed by atoms with Gasteiger partial charge in [0.15, 0.2) is 5.78 Å². The third-order valence-corrected chi connectivity index (χ3v) is 2.66. The Morgan fingerprint density at radius 1 is 1.24 bits per heavy atom. The molecule has 94 valence electrons. The standard InChI is InChI=1S/C15H22O2/c1-6-14(16)13-7-11(4)15(12(5)8-13)17-9-10(2)3/h7-8,10H,6,9H2,1-5H3. The first kappa shape index (κ1) is 13.8. The Hall–Kier alpha value is -1.31. The van der Waals surface area contributed by atoms with Crippen LogP contribution in [0.4, 0.5) is 0 Å². The van der Waals surface area contributed by atoms with Crippen LogP contribution in [-0.4, -0.2) is 12.4 Å². The van der Waals surface area contributed by atoms with Crippen LogP contribution in [0.1, 0.15) is 48.7 Å². The number of aryl methyl sites for hydroxylation is 2. The fourth-order valence-electron chi connectivity index (χ4n) is 1.79. The lowest BCUT2D eigenvalue weighted by molar-refractivity contribution is 0.0988. The quantitative estimate of drug-likeness (QED) is 0.721. The molecule has 0 amide bonds. The average Bonchev–Trinajstić information content (AvgIpc) is 2.26. The van der Waals surface area contributed by atoms with Gasteiger partial charge in [-0.3, -0.25) is 4.79 Å². The van der Waals surface area contributed by atoms with Gasteiger partial charge in [0.2, 0.25) is 0 Å². The average molecular weight is 234 g/mol. The molecule has 0 aromatic heterocycles. The van der Waals surface area contributed by atoms with E-state index in [0.717, 1.165) is 22.4 Å². The molecule has 0 aliphatic carbocycles. The van der Waals surface area contributed by atoms with Crippen LogP contribution in [0.25, 0.3) is 0 Å². The van der Waals surface area contributed by atoms with Crippen LogP contribution < -0.4 is 4.74 Å². The maximum absolute atomic E-state index is 11.7. The summed E-state index contributed by atoms with van der Waals surface area (Å²) in [4.78, 5) is 11.7. The van der Waals surface area contributed by atoms with Gasteiger partial charge in [0.25, 0.3) is 0 Å². The van der Waals surface area contributed by atoms with E-state index in [4.69, 9.17) is 4.74 Å². The maximum Gasteiger partial charge on any atom is 0.162 e. The molecule has 0 saturated heterocycles. The zero-order chi connectivity index (χ0) is 13.0. The van der Waals surface area contributed by atoms with Crippen molar-refractivity contribution in [2.24, 2.45) is 5.92 Å². The van der Waals surface area contributed by atoms with E-state index in [2.05, 4.69) is 13.8 Å². The van der Waals surface area contributed by atoms with Gasteiger partial charge in [-0.05, 0) is 43.0 Å². The van der Waals surface area contributed by atoms with E-state index >= 15 is 0 Å². The zero-order valence-electron chi connectivity index (χ0n) is 11.5. The number of rotatable bonds is 5. The van der Waals surface area contributed by atoms with Crippen LogP contribution in [0.3, 0.4) is 0 Å². The van der Waals surface area contributed by atoms with Crippen molar-refractivity contribution < 1.29 is 9.53 Å². The Bertz CT molecular complexity index is 382. The minimum atomic E-state index is 0.187. The molecule has 0 aliphatic rings. The Kier molecular flexibility index (Phi) is 4.73. The number of carbonyl (C=O) groups is 1. The van der Waals surface area contributed by atoms with Gasteiger partial charge in [-0.1, -0.05) is 20.8 Å². The summed E-state index contributed by atoms with van der Waals surface area (Å²) in [6.07, 6.45) is 0.547. The van der Waals surface area contributed by atoms with Gasteiger partial charge >= 0.3 is 0 Å². The zero-order valence-corrected chi connectivity index (χ0v) is 11.5. The molecule has 0 spiro atoms. The number of Topliss-reactive ketones (excluding diaryl/α,β-unsaturated/α-hetero) is 1. The second-order valence-electron chi connectivity index (χ2n) is 4.92. The van der Waals surface area contributed by atoms with Crippen LogP contribution in [0.2, 0.25) is 0 Å². The molecular weight excluding hydrogens is 212 g/mol. The summed E-state index contributed by atoms with van der Waals surface area (Å²) in [5.41, 5.74) is 2.88. The second-order valence-corrected chi connectivity index (χ2v) is 4.92. The Balaban J connectivity index is 2.98. The van der Waals surface area contributed by atoms with Gasteiger partial charge < -0.3 is 4.74 Å². The van der Waals surface area contributed by atoms with Crippen molar-refractivity contribution in [1.82, 2.24) is 0 Å². The van der Waals surface area contributed by atoms with Gasteiger partial charge in [-0.25, -0.2) is 0 Å². The first-order chi connectivity index (χ1) is 7.95. The van der Waals surface area contributed by atoms with Gasteiger partial charge in [-0.2, -0.15) is 0 Å². The summed E-state index contributed by atoms with van der Waals surface area (Å²) >= 11 is 0. The van der Waals surface area contributed by atoms with E-state index in [0.29, 0.717) is 18.9 Å². The number of carbonyl (C=O) groups excluding carboxylic acids is 1. The summed E-state index contributed by atoms with van der Waals surface area (Å²) in [5, 5.41) is 0. The number of benzene rings is 1. The van der Waals surface area contributed by atoms with Crippen molar-refractivity contribution in [1.29, 1.82) is 0 Å². The molecular formula is C15H22O2. The molecule has 2 heteroatoms. The Morgan fingerprint density at radius 2 is 1.76 bits per heavy atom. The van der Waals surface area contributed by atoms with E-state index in [1.165, 1.54) is 0 Å². The molecule has 0 bridgehead atoms. The molecule has 0 unspecified atom stereocenters. The summed E-state index contributed by atoms with van der Waals surface area (Å²) < 4.78 is 5.79. The number of hydrogen-bond acceptors (Lipinski definition) is 2. The molecule has 1 aromatic carbocycles. The molecule has 17 heavy (non-hydrogen) atoms. The van der Waals surface area contributed by atoms with Crippen LogP contribution >= 0.6 is 0 Å². The molecule has 0 heterocycles. The van der Waals surface area contributed by atoms with Crippen molar-refractivity contribution in [2.45, 2.75) is 41.0 Å². The number of ketones is 1. The molecule has 1 aromatic rings. The Labute approximate surface area is 104 Å². The molecule has 0 fully saturated rings. The highest BCUT2D eigenvalue weighted by atomic mass is 16.5. The highest BCUT2D eigenvalue weighted by molar-refractivity contribution is 5.96. The van der Waals surface area contributed by atoms with Crippen molar-refractivity contribution >= 4 is 5.78 Å². The minimum Gasteiger partial charge on any atom is -0.493 e. The second kappa shape index (κ2) is 5.85. The van der Waals surface area contributed by atoms with E-state index < -0.39 is 0 Å². The minimum absolute atomic E-state index is 0.187. The van der Waals surface area contributed by atoms with E-state index in [1.54, 1.807) is 0 Å². The molecule has 0 saturated carbocycles. The molecule has 0 radical (unpaired) electrons. The summed E-state index contributed by atoms with van der Waals surface area (Å²) in [6, 6.07) is 3.85.